The first-order valence-electron chi connectivity index (χ1n) is 10.2. The van der Waals surface area contributed by atoms with Crippen LogP contribution < -0.4 is 10.1 Å². The Labute approximate surface area is 196 Å². The fourth-order valence-electron chi connectivity index (χ4n) is 3.61. The first-order chi connectivity index (χ1) is 15.3. The number of carbonyl (C=O) groups is 1. The zero-order valence-electron chi connectivity index (χ0n) is 18.3. The monoisotopic (exact) mass is 469 g/mol. The van der Waals surface area contributed by atoms with Gasteiger partial charge in [0, 0.05) is 10.6 Å². The quantitative estimate of drug-likeness (QED) is 0.576. The van der Waals surface area contributed by atoms with Gasteiger partial charge in [0.15, 0.2) is 5.82 Å². The average molecular weight is 470 g/mol. The molecule has 2 aromatic carbocycles. The van der Waals surface area contributed by atoms with Crippen LogP contribution in [0.1, 0.15) is 43.8 Å². The Balaban J connectivity index is 1.60. The topological polar surface area (TPSA) is 81.4 Å². The molecule has 166 valence electrons. The summed E-state index contributed by atoms with van der Waals surface area (Å²) >= 11 is 7.49. The lowest BCUT2D eigenvalue weighted by molar-refractivity contribution is -0.115. The third kappa shape index (κ3) is 4.25. The van der Waals surface area contributed by atoms with Gasteiger partial charge in [-0.25, -0.2) is 0 Å². The van der Waals surface area contributed by atoms with Crippen molar-refractivity contribution in [2.75, 3.05) is 12.9 Å². The van der Waals surface area contributed by atoms with Crippen molar-refractivity contribution in [2.24, 2.45) is 5.10 Å². The molecule has 0 spiro atoms. The molecule has 0 unspecified atom stereocenters. The smallest absolute Gasteiger partial charge is 0.268 e. The number of para-hydroxylation sites is 1. The minimum Gasteiger partial charge on any atom is -0.496 e. The van der Waals surface area contributed by atoms with Crippen LogP contribution in [-0.2, 0) is 10.2 Å². The molecule has 9 heteroatoms. The minimum absolute atomic E-state index is 0.231. The summed E-state index contributed by atoms with van der Waals surface area (Å²) in [4.78, 5) is 13.0. The molecule has 0 radical (unpaired) electrons. The van der Waals surface area contributed by atoms with E-state index in [0.29, 0.717) is 27.5 Å². The highest BCUT2D eigenvalue weighted by atomic mass is 35.5. The second-order valence-corrected chi connectivity index (χ2v) is 9.40. The number of rotatable bonds is 6. The third-order valence-corrected chi connectivity index (χ3v) is 6.69. The normalized spacial score (nSPS) is 14.3. The van der Waals surface area contributed by atoms with Crippen LogP contribution in [0.5, 0.6) is 5.75 Å². The number of aromatic nitrogens is 3. The Hall–Kier alpha value is -2.84. The summed E-state index contributed by atoms with van der Waals surface area (Å²) in [6.07, 6.45) is 0. The van der Waals surface area contributed by atoms with E-state index in [9.17, 15) is 4.79 Å². The Bertz CT molecular complexity index is 1170. The predicted octanol–water partition coefficient (Wildman–Crippen LogP) is 4.45. The first-order valence-corrected chi connectivity index (χ1v) is 11.5. The van der Waals surface area contributed by atoms with E-state index >= 15 is 0 Å². The molecule has 2 heterocycles. The summed E-state index contributed by atoms with van der Waals surface area (Å²) in [5, 5.41) is 17.7. The van der Waals surface area contributed by atoms with Gasteiger partial charge >= 0.3 is 0 Å². The van der Waals surface area contributed by atoms with E-state index in [1.807, 2.05) is 69.3 Å². The molecule has 32 heavy (non-hydrogen) atoms. The van der Waals surface area contributed by atoms with Gasteiger partial charge in [-0.15, -0.1) is 10.2 Å². The van der Waals surface area contributed by atoms with Gasteiger partial charge in [-0.1, -0.05) is 53.7 Å². The van der Waals surface area contributed by atoms with E-state index in [0.717, 1.165) is 16.9 Å². The number of thioether (sulfide) groups is 1. The van der Waals surface area contributed by atoms with Gasteiger partial charge in [0.05, 0.1) is 24.3 Å². The number of hydrogen-bond acceptors (Lipinski definition) is 6. The minimum atomic E-state index is -0.483. The maximum absolute atomic E-state index is 13.0. The van der Waals surface area contributed by atoms with E-state index in [4.69, 9.17) is 16.3 Å². The van der Waals surface area contributed by atoms with Crippen LogP contribution in [0.2, 0.25) is 5.02 Å². The Morgan fingerprint density at radius 3 is 2.62 bits per heavy atom. The lowest BCUT2D eigenvalue weighted by Crippen LogP contribution is -2.36. The molecule has 1 aromatic heterocycles. The average Bonchev–Trinajstić information content (AvgIpc) is 3.23. The molecule has 7 nitrogen and oxygen atoms in total. The SMILES string of the molecule is COc1ccccc1[C@@H](C)NC(=O)C1=Nn2c(nnc2C(C)(C)c2ccc(Cl)cc2)SC1. The van der Waals surface area contributed by atoms with Crippen LogP contribution in [0.25, 0.3) is 0 Å². The van der Waals surface area contributed by atoms with E-state index in [1.54, 1.807) is 11.8 Å². The number of hydrogen-bond donors (Lipinski definition) is 1. The summed E-state index contributed by atoms with van der Waals surface area (Å²) in [7, 11) is 1.62. The van der Waals surface area contributed by atoms with Crippen molar-refractivity contribution in [3.63, 3.8) is 0 Å². The number of carbonyl (C=O) groups excluding carboxylic acids is 1. The third-order valence-electron chi connectivity index (χ3n) is 5.51. The molecule has 0 fully saturated rings. The lowest BCUT2D eigenvalue weighted by atomic mass is 9.84. The molecule has 0 bridgehead atoms. The van der Waals surface area contributed by atoms with Gasteiger partial charge in [0.25, 0.3) is 5.91 Å². The molecular formula is C23H24ClN5O2S. The number of fused-ring (bicyclic) bond motifs is 1. The molecule has 1 aliphatic rings. The largest absolute Gasteiger partial charge is 0.496 e. The molecule has 1 amide bonds. The molecule has 1 aliphatic heterocycles. The number of amides is 1. The Morgan fingerprint density at radius 2 is 1.91 bits per heavy atom. The molecule has 4 rings (SSSR count). The van der Waals surface area contributed by atoms with Gasteiger partial charge < -0.3 is 10.1 Å². The van der Waals surface area contributed by atoms with Crippen LogP contribution in [0.4, 0.5) is 0 Å². The maximum Gasteiger partial charge on any atom is 0.268 e. The van der Waals surface area contributed by atoms with Crippen molar-refractivity contribution in [3.05, 3.63) is 70.5 Å². The number of nitrogens with one attached hydrogen (secondary N) is 1. The van der Waals surface area contributed by atoms with Crippen molar-refractivity contribution in [1.82, 2.24) is 20.2 Å². The van der Waals surface area contributed by atoms with Crippen LogP contribution in [-0.4, -0.2) is 39.4 Å². The predicted molar refractivity (Wildman–Crippen MR) is 127 cm³/mol. The van der Waals surface area contributed by atoms with Crippen molar-refractivity contribution in [3.8, 4) is 5.75 Å². The van der Waals surface area contributed by atoms with Gasteiger partial charge in [0.1, 0.15) is 11.5 Å². The summed E-state index contributed by atoms with van der Waals surface area (Å²) in [5.74, 6) is 1.58. The molecule has 0 aliphatic carbocycles. The number of benzene rings is 2. The second-order valence-electron chi connectivity index (χ2n) is 8.02. The van der Waals surface area contributed by atoms with Gasteiger partial charge in [-0.3, -0.25) is 4.79 Å². The first kappa shape index (κ1) is 22.4. The molecular weight excluding hydrogens is 446 g/mol. The Kier molecular flexibility index (Phi) is 6.26. The van der Waals surface area contributed by atoms with Crippen molar-refractivity contribution in [1.29, 1.82) is 0 Å². The molecule has 3 aromatic rings. The Morgan fingerprint density at radius 1 is 1.19 bits per heavy atom. The van der Waals surface area contributed by atoms with Gasteiger partial charge in [-0.05, 0) is 44.5 Å². The molecule has 0 saturated carbocycles. The van der Waals surface area contributed by atoms with Crippen LogP contribution in [0.15, 0.2) is 58.8 Å². The summed E-state index contributed by atoms with van der Waals surface area (Å²) in [6, 6.07) is 15.0. The summed E-state index contributed by atoms with van der Waals surface area (Å²) in [6.45, 7) is 6.02. The number of ether oxygens (including phenoxy) is 1. The van der Waals surface area contributed by atoms with E-state index in [2.05, 4.69) is 20.6 Å². The molecule has 1 N–H and O–H groups in total. The van der Waals surface area contributed by atoms with Crippen molar-refractivity contribution >= 4 is 35.0 Å². The number of methoxy groups -OCH3 is 1. The van der Waals surface area contributed by atoms with Crippen LogP contribution in [0.3, 0.4) is 0 Å². The van der Waals surface area contributed by atoms with Crippen LogP contribution in [0, 0.1) is 0 Å². The lowest BCUT2D eigenvalue weighted by Gasteiger charge is -2.25. The highest BCUT2D eigenvalue weighted by molar-refractivity contribution is 8.00. The fourth-order valence-corrected chi connectivity index (χ4v) is 4.54. The van der Waals surface area contributed by atoms with E-state index < -0.39 is 5.41 Å². The van der Waals surface area contributed by atoms with Crippen LogP contribution >= 0.6 is 23.4 Å². The standard InChI is InChI=1S/C23H24ClN5O2S/c1-14(17-7-5-6-8-19(17)31-4)25-20(30)18-13-32-22-27-26-21(29(22)28-18)23(2,3)15-9-11-16(24)12-10-15/h5-12,14H,13H2,1-4H3,(H,25,30)/t14-/m1/s1. The van der Waals surface area contributed by atoms with Gasteiger partial charge in [-0.2, -0.15) is 9.78 Å². The second kappa shape index (κ2) is 8.96. The van der Waals surface area contributed by atoms with E-state index in [-0.39, 0.29) is 11.9 Å². The van der Waals surface area contributed by atoms with Gasteiger partial charge in [0.2, 0.25) is 5.16 Å². The fraction of sp³-hybridized carbons (Fsp3) is 0.304. The number of halogens is 1. The zero-order valence-corrected chi connectivity index (χ0v) is 19.9. The van der Waals surface area contributed by atoms with Crippen molar-refractivity contribution in [2.45, 2.75) is 37.4 Å². The summed E-state index contributed by atoms with van der Waals surface area (Å²) in [5.41, 5.74) is 1.86. The highest BCUT2D eigenvalue weighted by Crippen LogP contribution is 2.34. The maximum atomic E-state index is 13.0. The summed E-state index contributed by atoms with van der Waals surface area (Å²) < 4.78 is 7.09. The molecule has 0 saturated heterocycles. The van der Waals surface area contributed by atoms with E-state index in [1.165, 1.54) is 11.8 Å². The number of nitrogens with zero attached hydrogens (tertiary/aromatic N) is 4. The van der Waals surface area contributed by atoms with Crippen molar-refractivity contribution < 1.29 is 9.53 Å². The highest BCUT2D eigenvalue weighted by Gasteiger charge is 2.33. The zero-order chi connectivity index (χ0) is 22.9. The molecule has 1 atom stereocenters.